The lowest BCUT2D eigenvalue weighted by molar-refractivity contribution is 0.0635. The summed E-state index contributed by atoms with van der Waals surface area (Å²) in [6.45, 7) is 22.4. The zero-order chi connectivity index (χ0) is 17.1. The number of halogens is 1. The van der Waals surface area contributed by atoms with E-state index < -0.39 is 0 Å². The standard InChI is InChI=1S/C20H32BrN/c1-17(2,3)20(18(4,5)6)13-22(19(7,8)9)16-11-10-14(21)12-15(16)20/h10-12H,13H2,1-9H3. The smallest absolute Gasteiger partial charge is 0.0411 e. The predicted octanol–water partition coefficient (Wildman–Crippen LogP) is 6.40. The molecule has 1 heterocycles. The fourth-order valence-corrected chi connectivity index (χ4v) is 4.86. The third kappa shape index (κ3) is 2.52. The molecule has 0 atom stereocenters. The number of anilines is 1. The van der Waals surface area contributed by atoms with Crippen LogP contribution >= 0.6 is 15.9 Å². The average Bonchev–Trinajstić information content (AvgIpc) is 2.62. The first-order chi connectivity index (χ1) is 9.72. The third-order valence-corrected chi connectivity index (χ3v) is 5.97. The van der Waals surface area contributed by atoms with Gasteiger partial charge in [0.05, 0.1) is 0 Å². The molecule has 1 aromatic carbocycles. The Bertz CT molecular complexity index is 553. The van der Waals surface area contributed by atoms with Gasteiger partial charge in [-0.25, -0.2) is 0 Å². The highest BCUT2D eigenvalue weighted by atomic mass is 79.9. The Morgan fingerprint density at radius 2 is 1.41 bits per heavy atom. The number of benzene rings is 1. The van der Waals surface area contributed by atoms with Crippen molar-refractivity contribution in [1.82, 2.24) is 0 Å². The number of hydrogen-bond acceptors (Lipinski definition) is 1. The van der Waals surface area contributed by atoms with Crippen molar-refractivity contribution in [3.05, 3.63) is 28.2 Å². The van der Waals surface area contributed by atoms with Crippen LogP contribution in [0.5, 0.6) is 0 Å². The van der Waals surface area contributed by atoms with Gasteiger partial charge in [0.2, 0.25) is 0 Å². The van der Waals surface area contributed by atoms with Gasteiger partial charge >= 0.3 is 0 Å². The SMILES string of the molecule is CC(C)(C)N1CC(C(C)(C)C)(C(C)(C)C)c2cc(Br)ccc21. The fraction of sp³-hybridized carbons (Fsp3) is 0.700. The van der Waals surface area contributed by atoms with Crippen LogP contribution in [0.2, 0.25) is 0 Å². The third-order valence-electron chi connectivity index (χ3n) is 5.47. The topological polar surface area (TPSA) is 3.24 Å². The lowest BCUT2D eigenvalue weighted by Gasteiger charge is -2.53. The summed E-state index contributed by atoms with van der Waals surface area (Å²) in [5.74, 6) is 0. The van der Waals surface area contributed by atoms with Gasteiger partial charge < -0.3 is 4.90 Å². The molecule has 1 aliphatic rings. The van der Waals surface area contributed by atoms with Crippen LogP contribution in [0.25, 0.3) is 0 Å². The van der Waals surface area contributed by atoms with E-state index in [1.165, 1.54) is 15.7 Å². The monoisotopic (exact) mass is 365 g/mol. The maximum absolute atomic E-state index is 3.70. The molecule has 1 aromatic rings. The summed E-state index contributed by atoms with van der Waals surface area (Å²) in [6, 6.07) is 6.83. The Hall–Kier alpha value is -0.500. The maximum Gasteiger partial charge on any atom is 0.0411 e. The van der Waals surface area contributed by atoms with E-state index in [9.17, 15) is 0 Å². The largest absolute Gasteiger partial charge is 0.366 e. The molecule has 124 valence electrons. The highest BCUT2D eigenvalue weighted by Crippen LogP contribution is 2.60. The van der Waals surface area contributed by atoms with Gasteiger partial charge in [0.25, 0.3) is 0 Å². The summed E-state index contributed by atoms with van der Waals surface area (Å²) in [5, 5.41) is 0. The van der Waals surface area contributed by atoms with Crippen LogP contribution in [0.1, 0.15) is 67.9 Å². The summed E-state index contributed by atoms with van der Waals surface area (Å²) in [5.41, 5.74) is 3.51. The molecule has 0 amide bonds. The van der Waals surface area contributed by atoms with Gasteiger partial charge in [-0.2, -0.15) is 0 Å². The minimum atomic E-state index is 0.117. The molecule has 0 fully saturated rings. The molecule has 0 N–H and O–H groups in total. The van der Waals surface area contributed by atoms with E-state index in [4.69, 9.17) is 0 Å². The van der Waals surface area contributed by atoms with Gasteiger partial charge in [-0.05, 0) is 55.4 Å². The van der Waals surface area contributed by atoms with Gasteiger partial charge in [-0.1, -0.05) is 57.5 Å². The molecule has 0 aromatic heterocycles. The minimum Gasteiger partial charge on any atom is -0.366 e. The Morgan fingerprint density at radius 1 is 0.909 bits per heavy atom. The summed E-state index contributed by atoms with van der Waals surface area (Å²) < 4.78 is 1.18. The summed E-state index contributed by atoms with van der Waals surface area (Å²) in [6.07, 6.45) is 0. The van der Waals surface area contributed by atoms with Gasteiger partial charge in [0.15, 0.2) is 0 Å². The molecule has 0 saturated carbocycles. The van der Waals surface area contributed by atoms with Crippen molar-refractivity contribution in [3.8, 4) is 0 Å². The number of fused-ring (bicyclic) bond motifs is 1. The molecule has 1 nitrogen and oxygen atoms in total. The van der Waals surface area contributed by atoms with Crippen LogP contribution in [0.3, 0.4) is 0 Å². The van der Waals surface area contributed by atoms with Crippen LogP contribution < -0.4 is 4.90 Å². The van der Waals surface area contributed by atoms with Crippen LogP contribution in [-0.4, -0.2) is 12.1 Å². The second-order valence-corrected chi connectivity index (χ2v) is 10.7. The molecule has 1 aliphatic heterocycles. The number of rotatable bonds is 0. The second kappa shape index (κ2) is 5.00. The van der Waals surface area contributed by atoms with E-state index in [1.807, 2.05) is 0 Å². The maximum atomic E-state index is 3.70. The lowest BCUT2D eigenvalue weighted by atomic mass is 9.52. The van der Waals surface area contributed by atoms with Crippen LogP contribution in [0.15, 0.2) is 22.7 Å². The molecule has 0 unspecified atom stereocenters. The van der Waals surface area contributed by atoms with Crippen molar-refractivity contribution in [3.63, 3.8) is 0 Å². The average molecular weight is 366 g/mol. The molecule has 0 bridgehead atoms. The van der Waals surface area contributed by atoms with E-state index in [0.29, 0.717) is 0 Å². The first-order valence-electron chi connectivity index (χ1n) is 8.29. The van der Waals surface area contributed by atoms with Crippen LogP contribution in [0.4, 0.5) is 5.69 Å². The summed E-state index contributed by atoms with van der Waals surface area (Å²) in [7, 11) is 0. The molecular weight excluding hydrogens is 334 g/mol. The predicted molar refractivity (Wildman–Crippen MR) is 102 cm³/mol. The van der Waals surface area contributed by atoms with Gasteiger partial charge in [-0.15, -0.1) is 0 Å². The van der Waals surface area contributed by atoms with Gasteiger partial charge in [0, 0.05) is 27.7 Å². The molecule has 2 heteroatoms. The summed E-state index contributed by atoms with van der Waals surface area (Å²) >= 11 is 3.70. The van der Waals surface area contributed by atoms with Crippen molar-refractivity contribution in [2.24, 2.45) is 10.8 Å². The van der Waals surface area contributed by atoms with E-state index >= 15 is 0 Å². The van der Waals surface area contributed by atoms with Crippen LogP contribution in [0, 0.1) is 10.8 Å². The van der Waals surface area contributed by atoms with Crippen molar-refractivity contribution in [1.29, 1.82) is 0 Å². The van der Waals surface area contributed by atoms with Gasteiger partial charge in [-0.3, -0.25) is 0 Å². The summed E-state index contributed by atoms with van der Waals surface area (Å²) in [4.78, 5) is 2.60. The molecule has 0 aliphatic carbocycles. The Morgan fingerprint density at radius 3 is 1.82 bits per heavy atom. The zero-order valence-corrected chi connectivity index (χ0v) is 17.4. The molecule has 0 radical (unpaired) electrons. The van der Waals surface area contributed by atoms with Crippen molar-refractivity contribution < 1.29 is 0 Å². The second-order valence-electron chi connectivity index (χ2n) is 9.82. The van der Waals surface area contributed by atoms with Gasteiger partial charge in [0.1, 0.15) is 0 Å². The van der Waals surface area contributed by atoms with Crippen molar-refractivity contribution in [2.75, 3.05) is 11.4 Å². The quantitative estimate of drug-likeness (QED) is 0.514. The molecule has 0 saturated heterocycles. The van der Waals surface area contributed by atoms with E-state index in [2.05, 4.69) is 101 Å². The normalized spacial score (nSPS) is 18.5. The highest BCUT2D eigenvalue weighted by Gasteiger charge is 2.58. The minimum absolute atomic E-state index is 0.117. The van der Waals surface area contributed by atoms with E-state index in [0.717, 1.165) is 6.54 Å². The number of nitrogens with zero attached hydrogens (tertiary/aromatic N) is 1. The number of hydrogen-bond donors (Lipinski definition) is 0. The fourth-order valence-electron chi connectivity index (χ4n) is 4.50. The first-order valence-corrected chi connectivity index (χ1v) is 9.09. The molecule has 0 spiro atoms. The van der Waals surface area contributed by atoms with E-state index in [-0.39, 0.29) is 21.8 Å². The van der Waals surface area contributed by atoms with Crippen molar-refractivity contribution in [2.45, 2.75) is 73.3 Å². The molecule has 22 heavy (non-hydrogen) atoms. The lowest BCUT2D eigenvalue weighted by Crippen LogP contribution is -2.55. The van der Waals surface area contributed by atoms with Crippen LogP contribution in [-0.2, 0) is 5.41 Å². The Kier molecular flexibility index (Phi) is 4.05. The highest BCUT2D eigenvalue weighted by molar-refractivity contribution is 9.10. The Labute approximate surface area is 145 Å². The van der Waals surface area contributed by atoms with Crippen molar-refractivity contribution >= 4 is 21.6 Å². The molecular formula is C20H32BrN. The molecule has 2 rings (SSSR count). The van der Waals surface area contributed by atoms with E-state index in [1.54, 1.807) is 0 Å². The Balaban J connectivity index is 2.82. The first kappa shape index (κ1) is 17.8. The zero-order valence-electron chi connectivity index (χ0n) is 15.8.